The number of hydrogen-bond donors (Lipinski definition) is 0. The highest BCUT2D eigenvalue weighted by molar-refractivity contribution is 5.81. The Hall–Kier alpha value is -2.00. The van der Waals surface area contributed by atoms with Gasteiger partial charge in [0.15, 0.2) is 0 Å². The van der Waals surface area contributed by atoms with Crippen molar-refractivity contribution >= 4 is 11.0 Å². The van der Waals surface area contributed by atoms with Crippen LogP contribution in [0, 0.1) is 23.1 Å². The van der Waals surface area contributed by atoms with Crippen LogP contribution in [0.1, 0.15) is 18.4 Å². The molecule has 2 aromatic rings. The minimum atomic E-state index is -0.529. The van der Waals surface area contributed by atoms with E-state index in [9.17, 15) is 4.39 Å². The lowest BCUT2D eigenvalue weighted by molar-refractivity contribution is 0.0473. The Bertz CT molecular complexity index is 640. The highest BCUT2D eigenvalue weighted by Crippen LogP contribution is 2.22. The van der Waals surface area contributed by atoms with Gasteiger partial charge in [-0.1, -0.05) is 5.21 Å². The number of aromatic nitrogens is 3. The maximum Gasteiger partial charge on any atom is 0.143 e. The van der Waals surface area contributed by atoms with Gasteiger partial charge in [-0.25, -0.2) is 9.07 Å². The van der Waals surface area contributed by atoms with Crippen molar-refractivity contribution in [1.29, 1.82) is 5.26 Å². The zero-order valence-corrected chi connectivity index (χ0v) is 10.3. The van der Waals surface area contributed by atoms with Crippen molar-refractivity contribution < 1.29 is 9.13 Å². The Labute approximate surface area is 109 Å². The number of hydrogen-bond acceptors (Lipinski definition) is 4. The van der Waals surface area contributed by atoms with Gasteiger partial charge < -0.3 is 4.74 Å². The Morgan fingerprint density at radius 2 is 2.42 bits per heavy atom. The molecule has 1 saturated heterocycles. The summed E-state index contributed by atoms with van der Waals surface area (Å²) < 4.78 is 20.7. The summed E-state index contributed by atoms with van der Waals surface area (Å²) in [6.07, 6.45) is 2.08. The Morgan fingerprint density at radius 3 is 3.16 bits per heavy atom. The molecule has 1 aliphatic rings. The van der Waals surface area contributed by atoms with E-state index in [1.807, 2.05) is 6.07 Å². The van der Waals surface area contributed by atoms with Gasteiger partial charge in [-0.2, -0.15) is 5.26 Å². The second-order valence-electron chi connectivity index (χ2n) is 4.76. The fourth-order valence-corrected chi connectivity index (χ4v) is 2.47. The molecule has 19 heavy (non-hydrogen) atoms. The molecule has 0 radical (unpaired) electrons. The number of nitrogens with zero attached hydrogens (tertiary/aromatic N) is 4. The molecule has 0 N–H and O–H groups in total. The van der Waals surface area contributed by atoms with Crippen LogP contribution in [0.25, 0.3) is 11.0 Å². The average molecular weight is 260 g/mol. The monoisotopic (exact) mass is 260 g/mol. The molecule has 1 aromatic heterocycles. The van der Waals surface area contributed by atoms with Crippen LogP contribution in [0.15, 0.2) is 12.1 Å². The lowest BCUT2D eigenvalue weighted by Crippen LogP contribution is -2.22. The average Bonchev–Trinajstić information content (AvgIpc) is 2.83. The van der Waals surface area contributed by atoms with Crippen molar-refractivity contribution in [2.75, 3.05) is 13.2 Å². The summed E-state index contributed by atoms with van der Waals surface area (Å²) in [5.41, 5.74) is 1.04. The van der Waals surface area contributed by atoms with Gasteiger partial charge in [0.2, 0.25) is 0 Å². The van der Waals surface area contributed by atoms with E-state index in [0.717, 1.165) is 19.4 Å². The Morgan fingerprint density at radius 1 is 1.53 bits per heavy atom. The first-order chi connectivity index (χ1) is 9.29. The van der Waals surface area contributed by atoms with Crippen LogP contribution in [0.2, 0.25) is 0 Å². The van der Waals surface area contributed by atoms with Gasteiger partial charge in [0.05, 0.1) is 6.61 Å². The molecule has 1 aromatic carbocycles. The zero-order valence-electron chi connectivity index (χ0n) is 10.3. The van der Waals surface area contributed by atoms with Crippen molar-refractivity contribution in [2.45, 2.75) is 19.4 Å². The maximum atomic E-state index is 13.6. The fraction of sp³-hybridized carbons (Fsp3) is 0.462. The number of benzene rings is 1. The lowest BCUT2D eigenvalue weighted by Gasteiger charge is -2.21. The van der Waals surface area contributed by atoms with E-state index in [-0.39, 0.29) is 5.56 Å². The summed E-state index contributed by atoms with van der Waals surface area (Å²) in [5, 5.41) is 17.1. The van der Waals surface area contributed by atoms with Crippen molar-refractivity contribution in [3.05, 3.63) is 23.5 Å². The summed E-state index contributed by atoms with van der Waals surface area (Å²) in [6.45, 7) is 2.08. The van der Waals surface area contributed by atoms with E-state index < -0.39 is 5.82 Å². The molecule has 3 rings (SSSR count). The van der Waals surface area contributed by atoms with Crippen molar-refractivity contribution in [3.63, 3.8) is 0 Å². The van der Waals surface area contributed by atoms with Crippen LogP contribution in [0.5, 0.6) is 0 Å². The topological polar surface area (TPSA) is 63.7 Å². The van der Waals surface area contributed by atoms with Gasteiger partial charge >= 0.3 is 0 Å². The van der Waals surface area contributed by atoms with E-state index >= 15 is 0 Å². The number of rotatable bonds is 2. The quantitative estimate of drug-likeness (QED) is 0.826. The summed E-state index contributed by atoms with van der Waals surface area (Å²) in [5.74, 6) is -0.188. The molecule has 2 heterocycles. The molecule has 5 nitrogen and oxygen atoms in total. The minimum absolute atomic E-state index is 0.0132. The van der Waals surface area contributed by atoms with E-state index in [4.69, 9.17) is 10.00 Å². The first-order valence-electron chi connectivity index (χ1n) is 6.29. The van der Waals surface area contributed by atoms with Gasteiger partial charge in [0, 0.05) is 19.1 Å². The van der Waals surface area contributed by atoms with Crippen LogP contribution in [-0.2, 0) is 11.3 Å². The molecule has 0 bridgehead atoms. The third kappa shape index (κ3) is 2.17. The second-order valence-corrected chi connectivity index (χ2v) is 4.76. The molecule has 0 amide bonds. The van der Waals surface area contributed by atoms with E-state index in [2.05, 4.69) is 10.3 Å². The minimum Gasteiger partial charge on any atom is -0.381 e. The third-order valence-electron chi connectivity index (χ3n) is 3.42. The lowest BCUT2D eigenvalue weighted by atomic mass is 10.0. The van der Waals surface area contributed by atoms with Crippen LogP contribution in [-0.4, -0.2) is 28.2 Å². The van der Waals surface area contributed by atoms with Crippen LogP contribution in [0.4, 0.5) is 4.39 Å². The normalized spacial score (nSPS) is 19.5. The number of nitriles is 1. The zero-order chi connectivity index (χ0) is 13.2. The van der Waals surface area contributed by atoms with Crippen LogP contribution in [0.3, 0.4) is 0 Å². The van der Waals surface area contributed by atoms with Crippen molar-refractivity contribution in [2.24, 2.45) is 5.92 Å². The third-order valence-corrected chi connectivity index (χ3v) is 3.42. The van der Waals surface area contributed by atoms with Gasteiger partial charge in [0.1, 0.15) is 28.5 Å². The summed E-state index contributed by atoms with van der Waals surface area (Å²) >= 11 is 0. The van der Waals surface area contributed by atoms with Gasteiger partial charge in [0.25, 0.3) is 0 Å². The maximum absolute atomic E-state index is 13.6. The smallest absolute Gasteiger partial charge is 0.143 e. The number of fused-ring (bicyclic) bond motifs is 1. The van der Waals surface area contributed by atoms with E-state index in [1.54, 1.807) is 10.7 Å². The molecule has 1 aliphatic heterocycles. The first kappa shape index (κ1) is 12.1. The molecule has 6 heteroatoms. The molecule has 1 fully saturated rings. The molecule has 98 valence electrons. The SMILES string of the molecule is N#Cc1c(F)ccc2nnn(CC3CCCOC3)c12. The Balaban J connectivity index is 1.99. The van der Waals surface area contributed by atoms with Gasteiger partial charge in [-0.3, -0.25) is 0 Å². The standard InChI is InChI=1S/C13H13FN4O/c14-11-3-4-12-13(10(11)6-15)18(17-16-12)7-9-2-1-5-19-8-9/h3-4,9H,1-2,5,7-8H2. The molecule has 0 aliphatic carbocycles. The molecule has 1 atom stereocenters. The molecule has 1 unspecified atom stereocenters. The van der Waals surface area contributed by atoms with Gasteiger partial charge in [-0.15, -0.1) is 5.10 Å². The van der Waals surface area contributed by atoms with Gasteiger partial charge in [-0.05, 0) is 25.0 Å². The highest BCUT2D eigenvalue weighted by atomic mass is 19.1. The molecular weight excluding hydrogens is 247 g/mol. The van der Waals surface area contributed by atoms with E-state index in [1.165, 1.54) is 6.07 Å². The Kier molecular flexibility index (Phi) is 3.13. The molecular formula is C13H13FN4O. The number of halogens is 1. The van der Waals surface area contributed by atoms with Crippen LogP contribution >= 0.6 is 0 Å². The molecule has 0 spiro atoms. The summed E-state index contributed by atoms with van der Waals surface area (Å²) in [7, 11) is 0. The van der Waals surface area contributed by atoms with Crippen molar-refractivity contribution in [3.8, 4) is 6.07 Å². The summed E-state index contributed by atoms with van der Waals surface area (Å²) in [6, 6.07) is 4.70. The molecule has 0 saturated carbocycles. The largest absolute Gasteiger partial charge is 0.381 e. The first-order valence-corrected chi connectivity index (χ1v) is 6.29. The predicted molar refractivity (Wildman–Crippen MR) is 65.7 cm³/mol. The van der Waals surface area contributed by atoms with Crippen molar-refractivity contribution in [1.82, 2.24) is 15.0 Å². The van der Waals surface area contributed by atoms with E-state index in [0.29, 0.717) is 30.1 Å². The predicted octanol–water partition coefficient (Wildman–Crippen LogP) is 1.87. The summed E-state index contributed by atoms with van der Waals surface area (Å²) in [4.78, 5) is 0. The highest BCUT2D eigenvalue weighted by Gasteiger charge is 2.19. The van der Waals surface area contributed by atoms with Crippen LogP contribution < -0.4 is 0 Å². The fourth-order valence-electron chi connectivity index (χ4n) is 2.47. The second kappa shape index (κ2) is 4.94. The number of ether oxygens (including phenoxy) is 1.